The molecule has 0 bridgehead atoms. The van der Waals surface area contributed by atoms with E-state index in [1.54, 1.807) is 29.2 Å². The highest BCUT2D eigenvalue weighted by atomic mass is 35.5. The molecule has 2 amide bonds. The maximum Gasteiger partial charge on any atom is 0.253 e. The van der Waals surface area contributed by atoms with Gasteiger partial charge in [-0.05, 0) is 44.4 Å². The number of ether oxygens (including phenoxy) is 1. The minimum Gasteiger partial charge on any atom is -0.399 e. The molecular weight excluding hydrogens is 342 g/mol. The molecule has 3 N–H and O–H groups in total. The average molecular weight is 370 g/mol. The molecule has 7 heteroatoms. The van der Waals surface area contributed by atoms with Gasteiger partial charge in [0.25, 0.3) is 5.91 Å². The molecule has 0 unspecified atom stereocenters. The fourth-order valence-corrected chi connectivity index (χ4v) is 2.87. The van der Waals surface area contributed by atoms with Gasteiger partial charge in [0.2, 0.25) is 5.91 Å². The minimum atomic E-state index is -0.0159. The topological polar surface area (TPSA) is 84.7 Å². The highest BCUT2D eigenvalue weighted by Crippen LogP contribution is 2.20. The molecule has 6 nitrogen and oxygen atoms in total. The summed E-state index contributed by atoms with van der Waals surface area (Å²) < 4.78 is 5.25. The lowest BCUT2D eigenvalue weighted by molar-refractivity contribution is -0.126. The highest BCUT2D eigenvalue weighted by Gasteiger charge is 2.27. The molecule has 0 saturated carbocycles. The van der Waals surface area contributed by atoms with Gasteiger partial charge >= 0.3 is 0 Å². The zero-order valence-corrected chi connectivity index (χ0v) is 15.5. The number of piperidine rings is 1. The monoisotopic (exact) mass is 369 g/mol. The first-order valence-electron chi connectivity index (χ1n) is 8.62. The lowest BCUT2D eigenvalue weighted by Crippen LogP contribution is -2.43. The maximum atomic E-state index is 12.5. The van der Waals surface area contributed by atoms with Gasteiger partial charge in [-0.2, -0.15) is 0 Å². The van der Waals surface area contributed by atoms with Gasteiger partial charge in [0, 0.05) is 50.0 Å². The van der Waals surface area contributed by atoms with Crippen molar-refractivity contribution in [1.82, 2.24) is 10.2 Å². The Morgan fingerprint density at radius 1 is 1.32 bits per heavy atom. The first-order valence-corrected chi connectivity index (χ1v) is 8.62. The van der Waals surface area contributed by atoms with Crippen molar-refractivity contribution in [3.63, 3.8) is 0 Å². The summed E-state index contributed by atoms with van der Waals surface area (Å²) in [6, 6.07) is 7.01. The van der Waals surface area contributed by atoms with Crippen LogP contribution in [0.5, 0.6) is 0 Å². The summed E-state index contributed by atoms with van der Waals surface area (Å²) in [5, 5.41) is 2.96. The van der Waals surface area contributed by atoms with Crippen LogP contribution in [0.1, 0.15) is 36.5 Å². The van der Waals surface area contributed by atoms with Gasteiger partial charge in [-0.3, -0.25) is 9.59 Å². The highest BCUT2D eigenvalue weighted by molar-refractivity contribution is 5.95. The number of rotatable bonds is 7. The number of hydrogen-bond acceptors (Lipinski definition) is 4. The number of likely N-dealkylation sites (tertiary alicyclic amines) is 1. The van der Waals surface area contributed by atoms with Crippen LogP contribution in [0.3, 0.4) is 0 Å². The largest absolute Gasteiger partial charge is 0.399 e. The SMILES string of the molecule is CCOCCCNC(=O)C1CCN(C(=O)c2cccc(N)c2)CC1.Cl. The van der Waals surface area contributed by atoms with E-state index >= 15 is 0 Å². The second-order valence-electron chi connectivity index (χ2n) is 6.03. The summed E-state index contributed by atoms with van der Waals surface area (Å²) >= 11 is 0. The second kappa shape index (κ2) is 10.9. The molecule has 25 heavy (non-hydrogen) atoms. The Kier molecular flexibility index (Phi) is 9.31. The van der Waals surface area contributed by atoms with Gasteiger partial charge in [-0.15, -0.1) is 12.4 Å². The Bertz CT molecular complexity index is 560. The number of carbonyl (C=O) groups excluding carboxylic acids is 2. The minimum absolute atomic E-state index is 0. The molecule has 1 fully saturated rings. The molecular formula is C18H28ClN3O3. The van der Waals surface area contributed by atoms with Crippen LogP contribution in [-0.2, 0) is 9.53 Å². The van der Waals surface area contributed by atoms with E-state index in [0.29, 0.717) is 56.9 Å². The van der Waals surface area contributed by atoms with Crippen molar-refractivity contribution in [2.45, 2.75) is 26.2 Å². The summed E-state index contributed by atoms with van der Waals surface area (Å²) in [7, 11) is 0. The first-order chi connectivity index (χ1) is 11.6. The predicted octanol–water partition coefficient (Wildman–Crippen LogP) is 2.09. The molecule has 0 aliphatic carbocycles. The molecule has 0 radical (unpaired) electrons. The predicted molar refractivity (Wildman–Crippen MR) is 101 cm³/mol. The number of carbonyl (C=O) groups is 2. The number of amides is 2. The molecule has 1 heterocycles. The van der Waals surface area contributed by atoms with Crippen LogP contribution in [0.4, 0.5) is 5.69 Å². The Morgan fingerprint density at radius 3 is 2.68 bits per heavy atom. The van der Waals surface area contributed by atoms with Crippen LogP contribution in [0, 0.1) is 5.92 Å². The Morgan fingerprint density at radius 2 is 2.04 bits per heavy atom. The fraction of sp³-hybridized carbons (Fsp3) is 0.556. The molecule has 140 valence electrons. The molecule has 1 aliphatic heterocycles. The van der Waals surface area contributed by atoms with E-state index in [2.05, 4.69) is 5.32 Å². The van der Waals surface area contributed by atoms with Crippen molar-refractivity contribution in [2.24, 2.45) is 5.92 Å². The molecule has 0 aromatic heterocycles. The zero-order chi connectivity index (χ0) is 17.4. The van der Waals surface area contributed by atoms with Crippen molar-refractivity contribution in [1.29, 1.82) is 0 Å². The number of nitrogens with zero attached hydrogens (tertiary/aromatic N) is 1. The molecule has 1 aromatic rings. The van der Waals surface area contributed by atoms with Gasteiger partial charge in [-0.25, -0.2) is 0 Å². The Labute approximate surface area is 155 Å². The standard InChI is InChI=1S/C18H27N3O3.ClH/c1-2-24-12-4-9-20-17(22)14-7-10-21(11-8-14)18(23)15-5-3-6-16(19)13-15;/h3,5-6,13-14H,2,4,7-12,19H2,1H3,(H,20,22);1H. The molecule has 2 rings (SSSR count). The lowest BCUT2D eigenvalue weighted by atomic mass is 9.95. The summed E-state index contributed by atoms with van der Waals surface area (Å²) in [4.78, 5) is 26.4. The number of nitrogen functional groups attached to an aromatic ring is 1. The molecule has 1 aromatic carbocycles. The Balaban J connectivity index is 0.00000312. The van der Waals surface area contributed by atoms with Crippen LogP contribution in [0.25, 0.3) is 0 Å². The van der Waals surface area contributed by atoms with E-state index in [1.165, 1.54) is 0 Å². The van der Waals surface area contributed by atoms with Crippen molar-refractivity contribution in [3.8, 4) is 0 Å². The molecule has 0 atom stereocenters. The number of hydrogen-bond donors (Lipinski definition) is 2. The third-order valence-corrected chi connectivity index (χ3v) is 4.26. The van der Waals surface area contributed by atoms with Crippen molar-refractivity contribution >= 4 is 29.9 Å². The fourth-order valence-electron chi connectivity index (χ4n) is 2.87. The molecule has 0 spiro atoms. The number of nitrogens with two attached hydrogens (primary N) is 1. The van der Waals surface area contributed by atoms with Gasteiger partial charge in [0.05, 0.1) is 0 Å². The van der Waals surface area contributed by atoms with Crippen LogP contribution in [0.2, 0.25) is 0 Å². The van der Waals surface area contributed by atoms with Crippen LogP contribution >= 0.6 is 12.4 Å². The van der Waals surface area contributed by atoms with Crippen molar-refractivity contribution in [2.75, 3.05) is 38.6 Å². The second-order valence-corrected chi connectivity index (χ2v) is 6.03. The summed E-state index contributed by atoms with van der Waals surface area (Å²) in [5.41, 5.74) is 6.92. The van der Waals surface area contributed by atoms with Crippen molar-refractivity contribution < 1.29 is 14.3 Å². The van der Waals surface area contributed by atoms with E-state index in [9.17, 15) is 9.59 Å². The van der Waals surface area contributed by atoms with Gasteiger partial charge in [0.1, 0.15) is 0 Å². The normalized spacial score (nSPS) is 14.7. The smallest absolute Gasteiger partial charge is 0.253 e. The van der Waals surface area contributed by atoms with Crippen LogP contribution in [-0.4, -0.2) is 49.6 Å². The van der Waals surface area contributed by atoms with E-state index < -0.39 is 0 Å². The first kappa shape index (κ1) is 21.3. The summed E-state index contributed by atoms with van der Waals surface area (Å²) in [6.45, 7) is 5.17. The van der Waals surface area contributed by atoms with Crippen molar-refractivity contribution in [3.05, 3.63) is 29.8 Å². The number of anilines is 1. The number of halogens is 1. The third-order valence-electron chi connectivity index (χ3n) is 4.26. The van der Waals surface area contributed by atoms with Gasteiger partial charge < -0.3 is 20.7 Å². The molecule has 1 aliphatic rings. The van der Waals surface area contributed by atoms with E-state index in [0.717, 1.165) is 6.42 Å². The van der Waals surface area contributed by atoms with Crippen LogP contribution < -0.4 is 11.1 Å². The summed E-state index contributed by atoms with van der Waals surface area (Å²) in [6.07, 6.45) is 2.23. The lowest BCUT2D eigenvalue weighted by Gasteiger charge is -2.31. The zero-order valence-electron chi connectivity index (χ0n) is 14.7. The number of nitrogens with one attached hydrogen (secondary N) is 1. The maximum absolute atomic E-state index is 12.5. The molecule has 1 saturated heterocycles. The van der Waals surface area contributed by atoms with E-state index in [-0.39, 0.29) is 30.1 Å². The van der Waals surface area contributed by atoms with E-state index in [4.69, 9.17) is 10.5 Å². The van der Waals surface area contributed by atoms with Gasteiger partial charge in [-0.1, -0.05) is 6.07 Å². The third kappa shape index (κ3) is 6.55. The number of benzene rings is 1. The van der Waals surface area contributed by atoms with Crippen LogP contribution in [0.15, 0.2) is 24.3 Å². The average Bonchev–Trinajstić information content (AvgIpc) is 2.61. The quantitative estimate of drug-likeness (QED) is 0.569. The van der Waals surface area contributed by atoms with E-state index in [1.807, 2.05) is 6.92 Å². The summed E-state index contributed by atoms with van der Waals surface area (Å²) in [5.74, 6) is 0.0578. The Hall–Kier alpha value is -1.79. The van der Waals surface area contributed by atoms with Gasteiger partial charge in [0.15, 0.2) is 0 Å².